The summed E-state index contributed by atoms with van der Waals surface area (Å²) in [6, 6.07) is 18.7. The number of hydrogen-bond donors (Lipinski definition) is 2. The number of anilines is 1. The summed E-state index contributed by atoms with van der Waals surface area (Å²) in [5.74, 6) is 1.45. The minimum Gasteiger partial charge on any atom is -0.368 e. The van der Waals surface area contributed by atoms with Crippen LogP contribution in [0.2, 0.25) is 5.02 Å². The van der Waals surface area contributed by atoms with Crippen LogP contribution >= 0.6 is 23.4 Å². The molecule has 0 atom stereocenters. The fourth-order valence-corrected chi connectivity index (χ4v) is 4.09. The smallest absolute Gasteiger partial charge is 0.274 e. The highest BCUT2D eigenvalue weighted by Crippen LogP contribution is 2.29. The van der Waals surface area contributed by atoms with E-state index in [0.717, 1.165) is 11.3 Å². The zero-order valence-electron chi connectivity index (χ0n) is 15.9. The molecule has 2 aromatic carbocycles. The summed E-state index contributed by atoms with van der Waals surface area (Å²) in [4.78, 5) is 20.7. The maximum absolute atomic E-state index is 12.3. The summed E-state index contributed by atoms with van der Waals surface area (Å²) in [6.45, 7) is 0. The van der Waals surface area contributed by atoms with Crippen molar-refractivity contribution in [3.8, 4) is 17.1 Å². The molecule has 0 spiro atoms. The van der Waals surface area contributed by atoms with Crippen LogP contribution in [0.3, 0.4) is 0 Å². The van der Waals surface area contributed by atoms with Crippen molar-refractivity contribution in [2.24, 2.45) is 0 Å². The molecule has 11 heteroatoms. The SMILES string of the molecule is Nc1nc2nc(CSc3nnc(-c4ccc(Cl)cc4)n3-c3ccccc3)cc(=O)n2[nH]1. The minimum atomic E-state index is -0.281. The van der Waals surface area contributed by atoms with E-state index < -0.39 is 0 Å². The maximum Gasteiger partial charge on any atom is 0.274 e. The van der Waals surface area contributed by atoms with E-state index in [-0.39, 0.29) is 17.3 Å². The van der Waals surface area contributed by atoms with Gasteiger partial charge in [-0.25, -0.2) is 4.98 Å². The minimum absolute atomic E-state index is 0.130. The monoisotopic (exact) mass is 450 g/mol. The van der Waals surface area contributed by atoms with Crippen molar-refractivity contribution in [1.29, 1.82) is 0 Å². The molecule has 0 saturated heterocycles. The average molecular weight is 451 g/mol. The number of nitrogens with zero attached hydrogens (tertiary/aromatic N) is 6. The van der Waals surface area contributed by atoms with Crippen LogP contribution in [0.15, 0.2) is 70.6 Å². The van der Waals surface area contributed by atoms with Crippen molar-refractivity contribution >= 4 is 35.1 Å². The standard InChI is InChI=1S/C20H15ClN8OS/c21-13-8-6-12(7-9-13)17-25-26-20(28(17)15-4-2-1-3-5-15)31-11-14-10-16(30)29-19(23-14)24-18(22)27-29/h1-10H,11H2,(H3,22,23,24,27). The summed E-state index contributed by atoms with van der Waals surface area (Å²) in [5.41, 5.74) is 7.72. The van der Waals surface area contributed by atoms with Crippen LogP contribution in [-0.4, -0.2) is 34.3 Å². The predicted octanol–water partition coefficient (Wildman–Crippen LogP) is 3.19. The number of rotatable bonds is 5. The molecule has 0 saturated carbocycles. The summed E-state index contributed by atoms with van der Waals surface area (Å²) in [7, 11) is 0. The number of thioether (sulfide) groups is 1. The summed E-state index contributed by atoms with van der Waals surface area (Å²) in [5, 5.41) is 12.8. The summed E-state index contributed by atoms with van der Waals surface area (Å²) in [6.07, 6.45) is 0. The number of nitrogens with two attached hydrogens (primary N) is 1. The third kappa shape index (κ3) is 3.78. The Morgan fingerprint density at radius 2 is 1.81 bits per heavy atom. The number of benzene rings is 2. The second-order valence-electron chi connectivity index (χ2n) is 6.60. The lowest BCUT2D eigenvalue weighted by molar-refractivity contribution is 0.878. The lowest BCUT2D eigenvalue weighted by Crippen LogP contribution is -2.15. The van der Waals surface area contributed by atoms with Crippen LogP contribution < -0.4 is 11.3 Å². The van der Waals surface area contributed by atoms with Gasteiger partial charge in [0.05, 0.1) is 5.69 Å². The number of halogens is 1. The molecule has 3 heterocycles. The van der Waals surface area contributed by atoms with E-state index in [4.69, 9.17) is 17.3 Å². The Labute approximate surface area is 184 Å². The van der Waals surface area contributed by atoms with Gasteiger partial charge in [0, 0.05) is 28.1 Å². The molecule has 154 valence electrons. The number of nitrogens with one attached hydrogen (secondary N) is 1. The third-order valence-corrected chi connectivity index (χ3v) is 5.71. The van der Waals surface area contributed by atoms with Crippen LogP contribution in [0, 0.1) is 0 Å². The normalized spacial score (nSPS) is 11.3. The van der Waals surface area contributed by atoms with Gasteiger partial charge >= 0.3 is 0 Å². The number of para-hydroxylation sites is 1. The average Bonchev–Trinajstić information content (AvgIpc) is 3.37. The molecule has 0 unspecified atom stereocenters. The Balaban J connectivity index is 1.52. The second kappa shape index (κ2) is 7.89. The Morgan fingerprint density at radius 1 is 1.03 bits per heavy atom. The van der Waals surface area contributed by atoms with Gasteiger partial charge < -0.3 is 5.73 Å². The molecule has 0 aliphatic heterocycles. The number of hydrogen-bond acceptors (Lipinski definition) is 7. The van der Waals surface area contributed by atoms with Gasteiger partial charge in [-0.2, -0.15) is 9.50 Å². The van der Waals surface area contributed by atoms with Crippen LogP contribution in [0.25, 0.3) is 22.9 Å². The van der Waals surface area contributed by atoms with Crippen LogP contribution in [0.4, 0.5) is 5.95 Å². The molecule has 0 amide bonds. The van der Waals surface area contributed by atoms with E-state index in [2.05, 4.69) is 25.3 Å². The van der Waals surface area contributed by atoms with E-state index in [1.807, 2.05) is 59.2 Å². The van der Waals surface area contributed by atoms with Gasteiger partial charge in [0.15, 0.2) is 11.0 Å². The maximum atomic E-state index is 12.3. The van der Waals surface area contributed by atoms with Gasteiger partial charge in [-0.15, -0.1) is 10.2 Å². The van der Waals surface area contributed by atoms with Crippen molar-refractivity contribution in [2.45, 2.75) is 10.9 Å². The molecule has 0 aliphatic rings. The van der Waals surface area contributed by atoms with Crippen molar-refractivity contribution in [3.63, 3.8) is 0 Å². The van der Waals surface area contributed by atoms with Crippen LogP contribution in [0.1, 0.15) is 5.69 Å². The van der Waals surface area contributed by atoms with Crippen LogP contribution in [0.5, 0.6) is 0 Å². The predicted molar refractivity (Wildman–Crippen MR) is 119 cm³/mol. The van der Waals surface area contributed by atoms with E-state index in [1.54, 1.807) is 0 Å². The number of aromatic amines is 1. The molecule has 9 nitrogen and oxygen atoms in total. The molecule has 5 aromatic rings. The highest BCUT2D eigenvalue weighted by Gasteiger charge is 2.17. The number of nitrogen functional groups attached to an aromatic ring is 1. The first-order valence-corrected chi connectivity index (χ1v) is 10.6. The molecule has 0 aliphatic carbocycles. The quantitative estimate of drug-likeness (QED) is 0.394. The van der Waals surface area contributed by atoms with Gasteiger partial charge in [0.1, 0.15) is 0 Å². The Morgan fingerprint density at radius 3 is 2.58 bits per heavy atom. The van der Waals surface area contributed by atoms with E-state index in [9.17, 15) is 4.79 Å². The number of fused-ring (bicyclic) bond motifs is 1. The first kappa shape index (κ1) is 19.3. The molecular weight excluding hydrogens is 436 g/mol. The van der Waals surface area contributed by atoms with Crippen molar-refractivity contribution < 1.29 is 0 Å². The topological polar surface area (TPSA) is 120 Å². The summed E-state index contributed by atoms with van der Waals surface area (Å²) >= 11 is 7.46. The van der Waals surface area contributed by atoms with Gasteiger partial charge in [-0.3, -0.25) is 14.5 Å². The van der Waals surface area contributed by atoms with E-state index in [1.165, 1.54) is 22.3 Å². The molecule has 31 heavy (non-hydrogen) atoms. The zero-order chi connectivity index (χ0) is 21.4. The fraction of sp³-hybridized carbons (Fsp3) is 0.0500. The molecule has 3 aromatic heterocycles. The van der Waals surface area contributed by atoms with Gasteiger partial charge in [0.2, 0.25) is 5.95 Å². The fourth-order valence-electron chi connectivity index (χ4n) is 3.12. The molecule has 3 N–H and O–H groups in total. The first-order valence-electron chi connectivity index (χ1n) is 9.22. The third-order valence-electron chi connectivity index (χ3n) is 4.50. The Bertz CT molecular complexity index is 1430. The lowest BCUT2D eigenvalue weighted by atomic mass is 10.2. The van der Waals surface area contributed by atoms with Crippen molar-refractivity contribution in [3.05, 3.63) is 81.7 Å². The summed E-state index contributed by atoms with van der Waals surface area (Å²) < 4.78 is 3.17. The molecular formula is C20H15ClN8OS. The molecule has 0 bridgehead atoms. The van der Waals surface area contributed by atoms with Gasteiger partial charge in [-0.05, 0) is 36.4 Å². The van der Waals surface area contributed by atoms with E-state index in [0.29, 0.717) is 27.5 Å². The van der Waals surface area contributed by atoms with Crippen LogP contribution in [-0.2, 0) is 5.75 Å². The Kier molecular flexibility index (Phi) is 4.92. The second-order valence-corrected chi connectivity index (χ2v) is 7.98. The van der Waals surface area contributed by atoms with Gasteiger partial charge in [-0.1, -0.05) is 41.6 Å². The Hall–Kier alpha value is -3.63. The highest BCUT2D eigenvalue weighted by atomic mass is 35.5. The molecule has 0 fully saturated rings. The number of aromatic nitrogens is 7. The molecule has 0 radical (unpaired) electrons. The van der Waals surface area contributed by atoms with Crippen molar-refractivity contribution in [1.82, 2.24) is 34.3 Å². The zero-order valence-corrected chi connectivity index (χ0v) is 17.5. The number of H-pyrrole nitrogens is 1. The molecule has 5 rings (SSSR count). The van der Waals surface area contributed by atoms with Crippen molar-refractivity contribution in [2.75, 3.05) is 5.73 Å². The highest BCUT2D eigenvalue weighted by molar-refractivity contribution is 7.98. The lowest BCUT2D eigenvalue weighted by Gasteiger charge is -2.10. The van der Waals surface area contributed by atoms with E-state index >= 15 is 0 Å². The van der Waals surface area contributed by atoms with Gasteiger partial charge in [0.25, 0.3) is 11.3 Å². The largest absolute Gasteiger partial charge is 0.368 e. The first-order chi connectivity index (χ1) is 15.1.